The molecule has 0 saturated heterocycles. The Labute approximate surface area is 165 Å². The van der Waals surface area contributed by atoms with Gasteiger partial charge in [-0.3, -0.25) is 4.79 Å². The van der Waals surface area contributed by atoms with E-state index in [9.17, 15) is 4.79 Å². The van der Waals surface area contributed by atoms with Crippen molar-refractivity contribution in [3.63, 3.8) is 0 Å². The maximum absolute atomic E-state index is 12.7. The second kappa shape index (κ2) is 8.52. The molecule has 0 radical (unpaired) electrons. The summed E-state index contributed by atoms with van der Waals surface area (Å²) in [5, 5.41) is 2.87. The Morgan fingerprint density at radius 2 is 1.82 bits per heavy atom. The van der Waals surface area contributed by atoms with Crippen LogP contribution in [0.4, 0.5) is 17.2 Å². The number of methoxy groups -OCH3 is 1. The fourth-order valence-electron chi connectivity index (χ4n) is 2.95. The Bertz CT molecular complexity index is 971. The van der Waals surface area contributed by atoms with Crippen LogP contribution >= 0.6 is 0 Å². The van der Waals surface area contributed by atoms with Crippen LogP contribution in [0.5, 0.6) is 5.75 Å². The van der Waals surface area contributed by atoms with E-state index in [0.29, 0.717) is 23.0 Å². The molecule has 3 rings (SSSR count). The van der Waals surface area contributed by atoms with Gasteiger partial charge >= 0.3 is 0 Å². The lowest BCUT2D eigenvalue weighted by Crippen LogP contribution is -2.21. The first-order valence-electron chi connectivity index (χ1n) is 9.15. The molecule has 0 aliphatic heterocycles. The van der Waals surface area contributed by atoms with Crippen LogP contribution in [-0.2, 0) is 0 Å². The molecule has 0 fully saturated rings. The molecule has 144 valence electrons. The van der Waals surface area contributed by atoms with Gasteiger partial charge < -0.3 is 15.0 Å². The highest BCUT2D eigenvalue weighted by Crippen LogP contribution is 2.25. The van der Waals surface area contributed by atoms with Gasteiger partial charge in [0.15, 0.2) is 0 Å². The molecule has 1 N–H and O–H groups in total. The molecule has 2 aromatic carbocycles. The summed E-state index contributed by atoms with van der Waals surface area (Å²) in [6, 6.07) is 17.1. The summed E-state index contributed by atoms with van der Waals surface area (Å²) in [5.41, 5.74) is 3.19. The SMILES string of the molecule is CCN(c1cccc(C)c1)c1cc(C(=O)Nc2ccc(OC)cc2)nc(C)n1. The number of hydrogen-bond donors (Lipinski definition) is 1. The van der Waals surface area contributed by atoms with E-state index in [1.807, 2.05) is 12.1 Å². The lowest BCUT2D eigenvalue weighted by molar-refractivity contribution is 0.102. The summed E-state index contributed by atoms with van der Waals surface area (Å²) in [5.74, 6) is 1.69. The second-order valence-electron chi connectivity index (χ2n) is 6.42. The van der Waals surface area contributed by atoms with Crippen LogP contribution in [-0.4, -0.2) is 29.5 Å². The Balaban J connectivity index is 1.88. The van der Waals surface area contributed by atoms with Crippen molar-refractivity contribution in [1.82, 2.24) is 9.97 Å². The van der Waals surface area contributed by atoms with Crippen LogP contribution in [0, 0.1) is 13.8 Å². The van der Waals surface area contributed by atoms with Crippen molar-refractivity contribution in [2.45, 2.75) is 20.8 Å². The molecule has 0 atom stereocenters. The molecule has 6 nitrogen and oxygen atoms in total. The summed E-state index contributed by atoms with van der Waals surface area (Å²) >= 11 is 0. The monoisotopic (exact) mass is 376 g/mol. The van der Waals surface area contributed by atoms with Gasteiger partial charge in [0.25, 0.3) is 5.91 Å². The first-order valence-corrected chi connectivity index (χ1v) is 9.15. The highest BCUT2D eigenvalue weighted by Gasteiger charge is 2.15. The smallest absolute Gasteiger partial charge is 0.274 e. The van der Waals surface area contributed by atoms with E-state index in [1.54, 1.807) is 44.4 Å². The third-order valence-electron chi connectivity index (χ3n) is 4.31. The maximum Gasteiger partial charge on any atom is 0.274 e. The number of aromatic nitrogens is 2. The van der Waals surface area contributed by atoms with Crippen molar-refractivity contribution in [2.24, 2.45) is 0 Å². The average molecular weight is 376 g/mol. The average Bonchev–Trinajstić information content (AvgIpc) is 2.69. The van der Waals surface area contributed by atoms with Crippen LogP contribution < -0.4 is 15.0 Å². The van der Waals surface area contributed by atoms with Gasteiger partial charge in [-0.1, -0.05) is 12.1 Å². The first-order chi connectivity index (χ1) is 13.5. The van der Waals surface area contributed by atoms with E-state index in [-0.39, 0.29) is 5.91 Å². The Kier molecular flexibility index (Phi) is 5.89. The zero-order valence-electron chi connectivity index (χ0n) is 16.6. The molecule has 0 saturated carbocycles. The summed E-state index contributed by atoms with van der Waals surface area (Å²) in [7, 11) is 1.60. The highest BCUT2D eigenvalue weighted by molar-refractivity contribution is 6.03. The second-order valence-corrected chi connectivity index (χ2v) is 6.42. The molecular weight excluding hydrogens is 352 g/mol. The largest absolute Gasteiger partial charge is 0.497 e. The van der Waals surface area contributed by atoms with Gasteiger partial charge in [-0.25, -0.2) is 9.97 Å². The number of amides is 1. The van der Waals surface area contributed by atoms with E-state index in [2.05, 4.69) is 46.2 Å². The van der Waals surface area contributed by atoms with Crippen molar-refractivity contribution in [3.05, 3.63) is 71.7 Å². The normalized spacial score (nSPS) is 10.4. The third-order valence-corrected chi connectivity index (χ3v) is 4.31. The van der Waals surface area contributed by atoms with Gasteiger partial charge in [-0.2, -0.15) is 0 Å². The molecule has 3 aromatic rings. The number of benzene rings is 2. The standard InChI is InChI=1S/C22H24N4O2/c1-5-26(18-8-6-7-15(2)13-18)21-14-20(23-16(3)24-21)22(27)25-17-9-11-19(28-4)12-10-17/h6-14H,5H2,1-4H3,(H,25,27). The molecule has 0 spiro atoms. The van der Waals surface area contributed by atoms with Crippen molar-refractivity contribution in [1.29, 1.82) is 0 Å². The lowest BCUT2D eigenvalue weighted by Gasteiger charge is -2.23. The predicted molar refractivity (Wildman–Crippen MR) is 112 cm³/mol. The number of nitrogens with zero attached hydrogens (tertiary/aromatic N) is 3. The minimum absolute atomic E-state index is 0.280. The summed E-state index contributed by atoms with van der Waals surface area (Å²) in [6.45, 7) is 6.62. The third kappa shape index (κ3) is 4.46. The first kappa shape index (κ1) is 19.4. The maximum atomic E-state index is 12.7. The van der Waals surface area contributed by atoms with E-state index in [4.69, 9.17) is 4.74 Å². The van der Waals surface area contributed by atoms with Crippen molar-refractivity contribution >= 4 is 23.1 Å². The minimum atomic E-state index is -0.280. The topological polar surface area (TPSA) is 67.4 Å². The van der Waals surface area contributed by atoms with Crippen molar-refractivity contribution in [3.8, 4) is 5.75 Å². The van der Waals surface area contributed by atoms with Crippen LogP contribution in [0.3, 0.4) is 0 Å². The van der Waals surface area contributed by atoms with Crippen LogP contribution in [0.1, 0.15) is 28.8 Å². The fraction of sp³-hybridized carbons (Fsp3) is 0.227. The molecule has 1 amide bonds. The van der Waals surface area contributed by atoms with E-state index in [0.717, 1.165) is 18.0 Å². The van der Waals surface area contributed by atoms with Crippen LogP contribution in [0.15, 0.2) is 54.6 Å². The molecular formula is C22H24N4O2. The number of carbonyl (C=O) groups excluding carboxylic acids is 1. The van der Waals surface area contributed by atoms with Gasteiger partial charge in [0.05, 0.1) is 7.11 Å². The molecule has 0 unspecified atom stereocenters. The summed E-state index contributed by atoms with van der Waals surface area (Å²) in [4.78, 5) is 23.6. The van der Waals surface area contributed by atoms with E-state index >= 15 is 0 Å². The molecule has 28 heavy (non-hydrogen) atoms. The summed E-state index contributed by atoms with van der Waals surface area (Å²) in [6.07, 6.45) is 0. The zero-order chi connectivity index (χ0) is 20.1. The number of carbonyl (C=O) groups is 1. The Hall–Kier alpha value is -3.41. The number of aryl methyl sites for hydroxylation is 2. The van der Waals surface area contributed by atoms with Crippen LogP contribution in [0.25, 0.3) is 0 Å². The summed E-state index contributed by atoms with van der Waals surface area (Å²) < 4.78 is 5.14. The molecule has 0 bridgehead atoms. The number of rotatable bonds is 6. The number of nitrogens with one attached hydrogen (secondary N) is 1. The predicted octanol–water partition coefficient (Wildman–Crippen LogP) is 4.51. The highest BCUT2D eigenvalue weighted by atomic mass is 16.5. The Morgan fingerprint density at radius 1 is 1.07 bits per heavy atom. The molecule has 0 aliphatic rings. The van der Waals surface area contributed by atoms with Gasteiger partial charge in [0.1, 0.15) is 23.1 Å². The molecule has 1 heterocycles. The van der Waals surface area contributed by atoms with E-state index < -0.39 is 0 Å². The van der Waals surface area contributed by atoms with Gasteiger partial charge in [0.2, 0.25) is 0 Å². The van der Waals surface area contributed by atoms with Crippen molar-refractivity contribution < 1.29 is 9.53 Å². The number of anilines is 3. The fourth-order valence-corrected chi connectivity index (χ4v) is 2.95. The lowest BCUT2D eigenvalue weighted by atomic mass is 10.2. The quantitative estimate of drug-likeness (QED) is 0.685. The van der Waals surface area contributed by atoms with E-state index in [1.165, 1.54) is 5.56 Å². The molecule has 0 aliphatic carbocycles. The molecule has 1 aromatic heterocycles. The van der Waals surface area contributed by atoms with Crippen molar-refractivity contribution in [2.75, 3.05) is 23.9 Å². The molecule has 6 heteroatoms. The zero-order valence-corrected chi connectivity index (χ0v) is 16.6. The number of hydrogen-bond acceptors (Lipinski definition) is 5. The number of ether oxygens (including phenoxy) is 1. The van der Waals surface area contributed by atoms with Gasteiger partial charge in [0, 0.05) is 24.0 Å². The van der Waals surface area contributed by atoms with Crippen LogP contribution in [0.2, 0.25) is 0 Å². The Morgan fingerprint density at radius 3 is 2.46 bits per heavy atom. The van der Waals surface area contributed by atoms with Gasteiger partial charge in [-0.15, -0.1) is 0 Å². The van der Waals surface area contributed by atoms with Gasteiger partial charge in [-0.05, 0) is 62.7 Å². The minimum Gasteiger partial charge on any atom is -0.497 e.